The number of nitrogen functional groups attached to an aromatic ring is 1. The summed E-state index contributed by atoms with van der Waals surface area (Å²) >= 11 is 0. The standard InChI is InChI=1S/C11H18N2O3S/c1-9-5-4-6-10(12)11(9)17(15,16)13-7-2-3-8-14/h4-6,13-14H,2-3,7-8,12H2,1H3. The Kier molecular flexibility index (Phi) is 4.92. The number of aliphatic hydroxyl groups is 1. The second-order valence-corrected chi connectivity index (χ2v) is 5.53. The second-order valence-electron chi connectivity index (χ2n) is 3.82. The maximum absolute atomic E-state index is 12.0. The fourth-order valence-corrected chi connectivity index (χ4v) is 2.99. The van der Waals surface area contributed by atoms with Crippen LogP contribution in [-0.4, -0.2) is 26.7 Å². The summed E-state index contributed by atoms with van der Waals surface area (Å²) < 4.78 is 26.4. The number of sulfonamides is 1. The summed E-state index contributed by atoms with van der Waals surface area (Å²) in [7, 11) is -3.56. The number of benzene rings is 1. The molecule has 0 aliphatic carbocycles. The Bertz CT molecular complexity index is 451. The molecule has 0 bridgehead atoms. The van der Waals surface area contributed by atoms with Crippen LogP contribution < -0.4 is 10.5 Å². The van der Waals surface area contributed by atoms with Crippen LogP contribution in [0.5, 0.6) is 0 Å². The van der Waals surface area contributed by atoms with Crippen molar-refractivity contribution in [2.45, 2.75) is 24.7 Å². The van der Waals surface area contributed by atoms with Crippen molar-refractivity contribution in [2.24, 2.45) is 0 Å². The molecule has 96 valence electrons. The third-order valence-corrected chi connectivity index (χ3v) is 4.07. The highest BCUT2D eigenvalue weighted by molar-refractivity contribution is 7.89. The summed E-state index contributed by atoms with van der Waals surface area (Å²) in [6, 6.07) is 4.99. The topological polar surface area (TPSA) is 92.4 Å². The molecule has 0 fully saturated rings. The second kappa shape index (κ2) is 6.00. The number of nitrogens with one attached hydrogen (secondary N) is 1. The van der Waals surface area contributed by atoms with Crippen molar-refractivity contribution in [3.8, 4) is 0 Å². The normalized spacial score (nSPS) is 11.6. The lowest BCUT2D eigenvalue weighted by Gasteiger charge is -2.11. The first-order valence-corrected chi connectivity index (χ1v) is 6.93. The van der Waals surface area contributed by atoms with Gasteiger partial charge in [-0.1, -0.05) is 12.1 Å². The highest BCUT2D eigenvalue weighted by Gasteiger charge is 2.18. The maximum atomic E-state index is 12.0. The molecular formula is C11H18N2O3S. The van der Waals surface area contributed by atoms with Gasteiger partial charge in [-0.2, -0.15) is 0 Å². The summed E-state index contributed by atoms with van der Waals surface area (Å²) in [4.78, 5) is 0.143. The van der Waals surface area contributed by atoms with Crippen LogP contribution in [0.15, 0.2) is 23.1 Å². The highest BCUT2D eigenvalue weighted by Crippen LogP contribution is 2.21. The first-order valence-electron chi connectivity index (χ1n) is 5.44. The molecule has 6 heteroatoms. The fraction of sp³-hybridized carbons (Fsp3) is 0.455. The number of nitrogens with two attached hydrogens (primary N) is 1. The average molecular weight is 258 g/mol. The summed E-state index contributed by atoms with van der Waals surface area (Å²) in [6.07, 6.45) is 1.17. The molecule has 0 heterocycles. The van der Waals surface area contributed by atoms with Gasteiger partial charge in [0.25, 0.3) is 0 Å². The van der Waals surface area contributed by atoms with Crippen LogP contribution in [-0.2, 0) is 10.0 Å². The van der Waals surface area contributed by atoms with Gasteiger partial charge in [-0.3, -0.25) is 0 Å². The quantitative estimate of drug-likeness (QED) is 0.515. The first kappa shape index (κ1) is 14.0. The summed E-state index contributed by atoms with van der Waals surface area (Å²) in [6.45, 7) is 2.07. The van der Waals surface area contributed by atoms with Crippen LogP contribution in [0.25, 0.3) is 0 Å². The van der Waals surface area contributed by atoms with Crippen LogP contribution in [0.2, 0.25) is 0 Å². The molecule has 5 nitrogen and oxygen atoms in total. The van der Waals surface area contributed by atoms with Crippen molar-refractivity contribution in [2.75, 3.05) is 18.9 Å². The van der Waals surface area contributed by atoms with Gasteiger partial charge in [0.1, 0.15) is 4.90 Å². The van der Waals surface area contributed by atoms with Gasteiger partial charge in [-0.05, 0) is 31.4 Å². The maximum Gasteiger partial charge on any atom is 0.242 e. The van der Waals surface area contributed by atoms with E-state index in [4.69, 9.17) is 10.8 Å². The molecule has 0 amide bonds. The minimum Gasteiger partial charge on any atom is -0.398 e. The van der Waals surface area contributed by atoms with E-state index in [0.29, 0.717) is 24.9 Å². The minimum absolute atomic E-state index is 0.0637. The molecule has 0 radical (unpaired) electrons. The molecule has 0 aromatic heterocycles. The van der Waals surface area contributed by atoms with Crippen LogP contribution in [0.1, 0.15) is 18.4 Å². The van der Waals surface area contributed by atoms with Gasteiger partial charge >= 0.3 is 0 Å². The highest BCUT2D eigenvalue weighted by atomic mass is 32.2. The lowest BCUT2D eigenvalue weighted by Crippen LogP contribution is -2.26. The van der Waals surface area contributed by atoms with Gasteiger partial charge in [0.2, 0.25) is 10.0 Å². The number of rotatable bonds is 6. The molecule has 0 atom stereocenters. The molecule has 1 aromatic carbocycles. The van der Waals surface area contributed by atoms with E-state index in [1.807, 2.05) is 0 Å². The zero-order valence-electron chi connectivity index (χ0n) is 9.81. The molecule has 1 rings (SSSR count). The Balaban J connectivity index is 2.83. The Hall–Kier alpha value is -1.11. The Morgan fingerprint density at radius 2 is 2.06 bits per heavy atom. The van der Waals surface area contributed by atoms with Crippen molar-refractivity contribution in [3.63, 3.8) is 0 Å². The third kappa shape index (κ3) is 3.69. The number of unbranched alkanes of at least 4 members (excludes halogenated alkanes) is 1. The monoisotopic (exact) mass is 258 g/mol. The summed E-state index contributed by atoms with van der Waals surface area (Å²) in [5.41, 5.74) is 6.55. The van der Waals surface area contributed by atoms with Gasteiger partial charge < -0.3 is 10.8 Å². The smallest absolute Gasteiger partial charge is 0.242 e. The predicted octanol–water partition coefficient (Wildman–Crippen LogP) is 0.628. The molecule has 0 unspecified atom stereocenters. The number of aryl methyl sites for hydroxylation is 1. The molecular weight excluding hydrogens is 240 g/mol. The number of hydrogen-bond donors (Lipinski definition) is 3. The molecule has 0 aliphatic rings. The van der Waals surface area contributed by atoms with Gasteiger partial charge in [0.15, 0.2) is 0 Å². The van der Waals surface area contributed by atoms with E-state index in [2.05, 4.69) is 4.72 Å². The van der Waals surface area contributed by atoms with Crippen molar-refractivity contribution < 1.29 is 13.5 Å². The van der Waals surface area contributed by atoms with Crippen molar-refractivity contribution in [1.29, 1.82) is 0 Å². The molecule has 0 saturated carbocycles. The van der Waals surface area contributed by atoms with Crippen molar-refractivity contribution in [3.05, 3.63) is 23.8 Å². The van der Waals surface area contributed by atoms with E-state index < -0.39 is 10.0 Å². The zero-order chi connectivity index (χ0) is 12.9. The Labute approximate surface area is 102 Å². The predicted molar refractivity (Wildman–Crippen MR) is 67.1 cm³/mol. The van der Waals surface area contributed by atoms with Crippen LogP contribution >= 0.6 is 0 Å². The van der Waals surface area contributed by atoms with E-state index in [9.17, 15) is 8.42 Å². The van der Waals surface area contributed by atoms with Crippen LogP contribution in [0.3, 0.4) is 0 Å². The number of anilines is 1. The summed E-state index contributed by atoms with van der Waals surface area (Å²) in [5, 5.41) is 8.60. The van der Waals surface area contributed by atoms with E-state index in [0.717, 1.165) is 0 Å². The SMILES string of the molecule is Cc1cccc(N)c1S(=O)(=O)NCCCCO. The van der Waals surface area contributed by atoms with E-state index in [1.165, 1.54) is 0 Å². The molecule has 0 spiro atoms. The fourth-order valence-electron chi connectivity index (χ4n) is 1.56. The van der Waals surface area contributed by atoms with E-state index in [-0.39, 0.29) is 17.2 Å². The lowest BCUT2D eigenvalue weighted by atomic mass is 10.2. The molecule has 17 heavy (non-hydrogen) atoms. The zero-order valence-corrected chi connectivity index (χ0v) is 10.6. The van der Waals surface area contributed by atoms with Crippen LogP contribution in [0.4, 0.5) is 5.69 Å². The Morgan fingerprint density at radius 1 is 1.35 bits per heavy atom. The average Bonchev–Trinajstić information content (AvgIpc) is 2.24. The number of aliphatic hydroxyl groups excluding tert-OH is 1. The van der Waals surface area contributed by atoms with E-state index >= 15 is 0 Å². The third-order valence-electron chi connectivity index (χ3n) is 2.39. The molecule has 0 aliphatic heterocycles. The summed E-state index contributed by atoms with van der Waals surface area (Å²) in [5.74, 6) is 0. The lowest BCUT2D eigenvalue weighted by molar-refractivity contribution is 0.285. The van der Waals surface area contributed by atoms with Crippen molar-refractivity contribution >= 4 is 15.7 Å². The van der Waals surface area contributed by atoms with Gasteiger partial charge in [-0.15, -0.1) is 0 Å². The number of hydrogen-bond acceptors (Lipinski definition) is 4. The van der Waals surface area contributed by atoms with Gasteiger partial charge in [-0.25, -0.2) is 13.1 Å². The van der Waals surface area contributed by atoms with E-state index in [1.54, 1.807) is 25.1 Å². The molecule has 1 aromatic rings. The van der Waals surface area contributed by atoms with Crippen molar-refractivity contribution in [1.82, 2.24) is 4.72 Å². The Morgan fingerprint density at radius 3 is 2.65 bits per heavy atom. The van der Waals surface area contributed by atoms with Gasteiger partial charge in [0.05, 0.1) is 5.69 Å². The largest absolute Gasteiger partial charge is 0.398 e. The molecule has 4 N–H and O–H groups in total. The molecule has 0 saturated heterocycles. The van der Waals surface area contributed by atoms with Crippen LogP contribution in [0, 0.1) is 6.92 Å². The van der Waals surface area contributed by atoms with Gasteiger partial charge in [0, 0.05) is 13.2 Å². The first-order chi connectivity index (χ1) is 7.99. The minimum atomic E-state index is -3.56.